The third-order valence-electron chi connectivity index (χ3n) is 12.2. The van der Waals surface area contributed by atoms with Gasteiger partial charge in [0, 0.05) is 0 Å². The molecule has 0 bridgehead atoms. The Morgan fingerprint density at radius 2 is 0.483 bits per heavy atom. The van der Waals surface area contributed by atoms with Crippen LogP contribution in [0.1, 0.15) is 172 Å². The molecule has 0 aliphatic carbocycles. The zero-order chi connectivity index (χ0) is 44.2. The molecular formula is C48H90F6N2Si2. The van der Waals surface area contributed by atoms with Gasteiger partial charge in [-0.15, -0.1) is 0 Å². The van der Waals surface area contributed by atoms with Crippen molar-refractivity contribution in [2.24, 2.45) is 0 Å². The zero-order valence-corrected chi connectivity index (χ0v) is 41.2. The first-order chi connectivity index (χ1) is 27.3. The molecule has 342 valence electrons. The van der Waals surface area contributed by atoms with Crippen molar-refractivity contribution < 1.29 is 33.6 Å². The molecule has 0 aliphatic rings. The van der Waals surface area contributed by atoms with Crippen molar-refractivity contribution in [3.05, 3.63) is 48.5 Å². The van der Waals surface area contributed by atoms with Crippen molar-refractivity contribution >= 4 is 27.1 Å². The molecule has 0 spiro atoms. The Labute approximate surface area is 355 Å². The Balaban J connectivity index is 0.000000864. The zero-order valence-electron chi connectivity index (χ0n) is 39.2. The summed E-state index contributed by atoms with van der Waals surface area (Å²) in [5.41, 5.74) is 0.932. The second kappa shape index (κ2) is 28.1. The van der Waals surface area contributed by atoms with E-state index in [1.165, 1.54) is 188 Å². The molecule has 0 saturated carbocycles. The van der Waals surface area contributed by atoms with Gasteiger partial charge in [-0.2, -0.15) is 0 Å². The van der Waals surface area contributed by atoms with Gasteiger partial charge in [0.2, 0.25) is 0 Å². The number of quaternary nitrogens is 2. The summed E-state index contributed by atoms with van der Waals surface area (Å²) >= 11 is 0. The third-order valence-corrected chi connectivity index (χ3v) is 17.3. The number of rotatable bonds is 29. The summed E-state index contributed by atoms with van der Waals surface area (Å²) in [5, 5.41) is -1.24. The molecule has 0 saturated heterocycles. The summed E-state index contributed by atoms with van der Waals surface area (Å²) in [5.74, 6) is 0. The average Bonchev–Trinajstić information content (AvgIpc) is 3.23. The van der Waals surface area contributed by atoms with Gasteiger partial charge in [0.05, 0.1) is 52.4 Å². The van der Waals surface area contributed by atoms with E-state index in [0.717, 1.165) is 38.1 Å². The fourth-order valence-electron chi connectivity index (χ4n) is 7.64. The number of hydrogen-bond donors (Lipinski definition) is 0. The standard InChI is InChI=1S/C16H18F6Si2.2C16H36N/c1-3-23(17,18,19)15-9-5-13(6-10-15)14-7-11-16(12-8-14)24(20,21,22)4-2;2*1-5-9-13-17(14-10-6-2,15-11-7-3)16-12-8-4/h5-12H,3-4H2,1-2H3;2*5-16H2,1-4H3/q-2;2*+1. The molecule has 2 rings (SSSR count). The van der Waals surface area contributed by atoms with E-state index in [2.05, 4.69) is 55.4 Å². The Kier molecular flexibility index (Phi) is 27.3. The van der Waals surface area contributed by atoms with Gasteiger partial charge in [-0.05, 0) is 51.4 Å². The van der Waals surface area contributed by atoms with Crippen molar-refractivity contribution in [3.8, 4) is 11.1 Å². The molecule has 0 atom stereocenters. The third kappa shape index (κ3) is 20.8. The Bertz CT molecular complexity index is 1130. The fraction of sp³-hybridized carbons (Fsp3) is 0.750. The van der Waals surface area contributed by atoms with Crippen LogP contribution in [0.25, 0.3) is 11.1 Å². The van der Waals surface area contributed by atoms with Crippen LogP contribution in [-0.2, 0) is 0 Å². The van der Waals surface area contributed by atoms with Gasteiger partial charge in [0.1, 0.15) is 0 Å². The predicted octanol–water partition coefficient (Wildman–Crippen LogP) is 15.4. The van der Waals surface area contributed by atoms with Crippen LogP contribution >= 0.6 is 0 Å². The SMILES string of the molecule is CCCC[N+](CCCC)(CCCC)CCCC.CCCC[N+](CCCC)(CCCC)CCCC.CC[Si-](F)(F)(F)c1ccc(-c2ccc([Si-](F)(F)(F)CC)cc2)cc1. The first-order valence-electron chi connectivity index (χ1n) is 23.8. The summed E-state index contributed by atoms with van der Waals surface area (Å²) in [6.07, 6.45) is 22.1. The first kappa shape index (κ1) is 56.4. The first-order valence-corrected chi connectivity index (χ1v) is 28.5. The average molecular weight is 865 g/mol. The van der Waals surface area contributed by atoms with Crippen LogP contribution in [0.5, 0.6) is 0 Å². The van der Waals surface area contributed by atoms with Crippen LogP contribution in [0.2, 0.25) is 12.1 Å². The van der Waals surface area contributed by atoms with Crippen LogP contribution < -0.4 is 10.4 Å². The van der Waals surface area contributed by atoms with E-state index >= 15 is 0 Å². The van der Waals surface area contributed by atoms with Crippen molar-refractivity contribution in [2.75, 3.05) is 52.4 Å². The number of halogens is 6. The van der Waals surface area contributed by atoms with Crippen molar-refractivity contribution in [1.29, 1.82) is 0 Å². The number of benzene rings is 2. The van der Waals surface area contributed by atoms with Crippen molar-refractivity contribution in [2.45, 2.75) is 184 Å². The summed E-state index contributed by atoms with van der Waals surface area (Å²) in [7, 11) is -13.2. The summed E-state index contributed by atoms with van der Waals surface area (Å²) in [4.78, 5) is 0. The quantitative estimate of drug-likeness (QED) is 0.0331. The summed E-state index contributed by atoms with van der Waals surface area (Å²) < 4.78 is 85.3. The van der Waals surface area contributed by atoms with E-state index in [9.17, 15) is 24.6 Å². The molecule has 0 N–H and O–H groups in total. The van der Waals surface area contributed by atoms with E-state index < -0.39 is 39.2 Å². The fourth-order valence-corrected chi connectivity index (χ4v) is 10.0. The molecule has 2 nitrogen and oxygen atoms in total. The van der Waals surface area contributed by atoms with Gasteiger partial charge in [-0.1, -0.05) is 107 Å². The van der Waals surface area contributed by atoms with Gasteiger partial charge in [0.15, 0.2) is 0 Å². The maximum absolute atomic E-state index is 13.7. The molecule has 0 fully saturated rings. The minimum atomic E-state index is -6.60. The summed E-state index contributed by atoms with van der Waals surface area (Å²) in [6, 6.07) is 7.65. The van der Waals surface area contributed by atoms with E-state index in [0.29, 0.717) is 11.1 Å². The van der Waals surface area contributed by atoms with Gasteiger partial charge in [0.25, 0.3) is 0 Å². The molecule has 0 aliphatic heterocycles. The number of nitrogens with zero attached hydrogens (tertiary/aromatic N) is 2. The van der Waals surface area contributed by atoms with Gasteiger partial charge < -0.3 is 8.97 Å². The van der Waals surface area contributed by atoms with Gasteiger partial charge in [-0.3, -0.25) is 0 Å². The summed E-state index contributed by atoms with van der Waals surface area (Å²) in [6.45, 7) is 32.2. The second-order valence-electron chi connectivity index (χ2n) is 17.3. The molecule has 2 aromatic rings. The van der Waals surface area contributed by atoms with E-state index in [1.54, 1.807) is 0 Å². The van der Waals surface area contributed by atoms with Gasteiger partial charge >= 0.3 is 137 Å². The van der Waals surface area contributed by atoms with Crippen LogP contribution in [0.15, 0.2) is 48.5 Å². The van der Waals surface area contributed by atoms with E-state index in [-0.39, 0.29) is 0 Å². The Morgan fingerprint density at radius 1 is 0.310 bits per heavy atom. The van der Waals surface area contributed by atoms with Crippen molar-refractivity contribution in [3.63, 3.8) is 0 Å². The van der Waals surface area contributed by atoms with Crippen molar-refractivity contribution in [1.82, 2.24) is 0 Å². The maximum atomic E-state index is 13.7. The molecule has 0 amide bonds. The molecule has 0 radical (unpaired) electrons. The van der Waals surface area contributed by atoms with E-state index in [4.69, 9.17) is 0 Å². The monoisotopic (exact) mass is 865 g/mol. The molecule has 2 aromatic carbocycles. The van der Waals surface area contributed by atoms with Gasteiger partial charge in [-0.25, -0.2) is 0 Å². The topological polar surface area (TPSA) is 0 Å². The van der Waals surface area contributed by atoms with Crippen LogP contribution in [0.3, 0.4) is 0 Å². The molecule has 58 heavy (non-hydrogen) atoms. The minimum absolute atomic E-state index is 0.466. The molecule has 0 aromatic heterocycles. The number of unbranched alkanes of at least 4 members (excludes halogenated alkanes) is 8. The molecule has 10 heteroatoms. The molecule has 0 unspecified atom stereocenters. The predicted molar refractivity (Wildman–Crippen MR) is 249 cm³/mol. The molecule has 0 heterocycles. The Hall–Kier alpha value is -1.63. The second-order valence-corrected chi connectivity index (χ2v) is 24.2. The van der Waals surface area contributed by atoms with Crippen LogP contribution in [-0.4, -0.2) is 78.0 Å². The molecular weight excluding hydrogens is 775 g/mol. The van der Waals surface area contributed by atoms with Crippen LogP contribution in [0, 0.1) is 0 Å². The number of hydrogen-bond acceptors (Lipinski definition) is 0. The van der Waals surface area contributed by atoms with Crippen LogP contribution in [0.4, 0.5) is 24.6 Å². The normalized spacial score (nSPS) is 13.7. The van der Waals surface area contributed by atoms with E-state index in [1.807, 2.05) is 0 Å². The Morgan fingerprint density at radius 3 is 0.621 bits per heavy atom.